The highest BCUT2D eigenvalue weighted by Crippen LogP contribution is 2.33. The number of amides is 1. The number of nitrogen functional groups attached to an aromatic ring is 1. The van der Waals surface area contributed by atoms with Crippen molar-refractivity contribution in [2.24, 2.45) is 0 Å². The van der Waals surface area contributed by atoms with Crippen molar-refractivity contribution in [1.29, 1.82) is 0 Å². The Morgan fingerprint density at radius 3 is 2.50 bits per heavy atom. The summed E-state index contributed by atoms with van der Waals surface area (Å²) in [7, 11) is 0. The number of nitrogens with one attached hydrogen (secondary N) is 2. The van der Waals surface area contributed by atoms with Crippen LogP contribution in [-0.2, 0) is 4.79 Å². The predicted molar refractivity (Wildman–Crippen MR) is 101 cm³/mol. The van der Waals surface area contributed by atoms with Crippen LogP contribution in [0.25, 0.3) is 17.0 Å². The van der Waals surface area contributed by atoms with Gasteiger partial charge in [-0.1, -0.05) is 23.2 Å². The molecule has 1 heterocycles. The molecule has 0 saturated heterocycles. The molecular weight excluding hydrogens is 377 g/mol. The number of nitrogens with two attached hydrogens (primary N) is 1. The van der Waals surface area contributed by atoms with Crippen LogP contribution < -0.4 is 16.2 Å². The van der Waals surface area contributed by atoms with Gasteiger partial charge >= 0.3 is 0 Å². The van der Waals surface area contributed by atoms with E-state index >= 15 is 0 Å². The number of carbonyl (C=O) groups excluding carboxylic acids is 2. The molecule has 1 aromatic heterocycles. The molecule has 0 fully saturated rings. The van der Waals surface area contributed by atoms with E-state index in [0.717, 1.165) is 0 Å². The van der Waals surface area contributed by atoms with Crippen LogP contribution in [0.4, 0.5) is 11.4 Å². The number of hydrogen-bond donors (Lipinski definition) is 3. The minimum absolute atomic E-state index is 0.194. The van der Waals surface area contributed by atoms with Gasteiger partial charge in [-0.25, -0.2) is 0 Å². The number of carboxylic acids is 1. The van der Waals surface area contributed by atoms with Gasteiger partial charge in [-0.05, 0) is 42.5 Å². The van der Waals surface area contributed by atoms with E-state index < -0.39 is 11.9 Å². The molecule has 0 aliphatic carbocycles. The van der Waals surface area contributed by atoms with Crippen LogP contribution in [0.3, 0.4) is 0 Å². The van der Waals surface area contributed by atoms with E-state index in [2.05, 4.69) is 10.3 Å². The Morgan fingerprint density at radius 1 is 1.15 bits per heavy atom. The maximum atomic E-state index is 12.1. The number of rotatable bonds is 4. The minimum atomic E-state index is -1.42. The van der Waals surface area contributed by atoms with Crippen molar-refractivity contribution in [3.8, 4) is 0 Å². The number of carbonyl (C=O) groups is 2. The zero-order valence-corrected chi connectivity index (χ0v) is 14.7. The van der Waals surface area contributed by atoms with Gasteiger partial charge < -0.3 is 25.9 Å². The van der Waals surface area contributed by atoms with E-state index in [1.807, 2.05) is 0 Å². The van der Waals surface area contributed by atoms with Crippen molar-refractivity contribution in [3.05, 3.63) is 63.8 Å². The van der Waals surface area contributed by atoms with Gasteiger partial charge in [-0.2, -0.15) is 0 Å². The normalized spacial score (nSPS) is 11.2. The first-order chi connectivity index (χ1) is 12.3. The Kier molecular flexibility index (Phi) is 4.88. The van der Waals surface area contributed by atoms with E-state index in [1.54, 1.807) is 30.3 Å². The number of hydrogen-bond acceptors (Lipinski definition) is 4. The SMILES string of the molecule is Nc1ccc(NC(=O)/C=C/c2c(C(=O)[O-])[nH]c3cc(Cl)cc(Cl)c23)cc1. The highest BCUT2D eigenvalue weighted by Gasteiger charge is 2.14. The lowest BCUT2D eigenvalue weighted by Gasteiger charge is -2.04. The highest BCUT2D eigenvalue weighted by molar-refractivity contribution is 6.39. The molecule has 6 nitrogen and oxygen atoms in total. The Labute approximate surface area is 158 Å². The van der Waals surface area contributed by atoms with Crippen molar-refractivity contribution in [1.82, 2.24) is 4.98 Å². The maximum absolute atomic E-state index is 12.1. The molecule has 1 amide bonds. The summed E-state index contributed by atoms with van der Waals surface area (Å²) >= 11 is 12.1. The molecule has 0 aliphatic heterocycles. The predicted octanol–water partition coefficient (Wildman–Crippen LogP) is 3.07. The van der Waals surface area contributed by atoms with Gasteiger partial charge in [0.05, 0.1) is 16.7 Å². The summed E-state index contributed by atoms with van der Waals surface area (Å²) < 4.78 is 0. The molecule has 0 atom stereocenters. The smallest absolute Gasteiger partial charge is 0.248 e. The first-order valence-corrected chi connectivity index (χ1v) is 8.17. The van der Waals surface area contributed by atoms with Gasteiger partial charge in [0.1, 0.15) is 0 Å². The summed E-state index contributed by atoms with van der Waals surface area (Å²) in [5, 5.41) is 15.1. The third-order valence-electron chi connectivity index (χ3n) is 3.64. The van der Waals surface area contributed by atoms with Crippen LogP contribution in [0.5, 0.6) is 0 Å². The fraction of sp³-hybridized carbons (Fsp3) is 0. The van der Waals surface area contributed by atoms with Crippen LogP contribution in [0.15, 0.2) is 42.5 Å². The van der Waals surface area contributed by atoms with Crippen LogP contribution >= 0.6 is 23.2 Å². The molecule has 132 valence electrons. The fourth-order valence-corrected chi connectivity index (χ4v) is 3.11. The van der Waals surface area contributed by atoms with Crippen molar-refractivity contribution >= 4 is 63.4 Å². The lowest BCUT2D eigenvalue weighted by atomic mass is 10.1. The third kappa shape index (κ3) is 3.66. The highest BCUT2D eigenvalue weighted by atomic mass is 35.5. The Morgan fingerprint density at radius 2 is 1.85 bits per heavy atom. The number of anilines is 2. The number of carboxylic acid groups (broad SMARTS) is 1. The second kappa shape index (κ2) is 7.11. The Bertz CT molecular complexity index is 1040. The number of aromatic amines is 1. The van der Waals surface area contributed by atoms with Gasteiger partial charge in [0, 0.05) is 38.9 Å². The van der Waals surface area contributed by atoms with E-state index in [4.69, 9.17) is 28.9 Å². The number of aromatic carboxylic acids is 1. The number of aromatic nitrogens is 1. The Balaban J connectivity index is 1.95. The fourth-order valence-electron chi connectivity index (χ4n) is 2.51. The molecule has 0 aliphatic rings. The first-order valence-electron chi connectivity index (χ1n) is 7.42. The molecule has 0 unspecified atom stereocenters. The van der Waals surface area contributed by atoms with Crippen molar-refractivity contribution in [3.63, 3.8) is 0 Å². The topological polar surface area (TPSA) is 111 Å². The quantitative estimate of drug-likeness (QED) is 0.470. The third-order valence-corrected chi connectivity index (χ3v) is 4.15. The van der Waals surface area contributed by atoms with Crippen LogP contribution in [0.2, 0.25) is 10.0 Å². The molecule has 0 radical (unpaired) electrons. The lowest BCUT2D eigenvalue weighted by Crippen LogP contribution is -2.23. The zero-order chi connectivity index (χ0) is 18.8. The van der Waals surface area contributed by atoms with Crippen molar-refractivity contribution in [2.45, 2.75) is 0 Å². The Hall–Kier alpha value is -2.96. The molecule has 2 aromatic carbocycles. The van der Waals surface area contributed by atoms with Crippen LogP contribution in [0, 0.1) is 0 Å². The molecule has 3 aromatic rings. The molecule has 8 heteroatoms. The minimum Gasteiger partial charge on any atom is -0.543 e. The summed E-state index contributed by atoms with van der Waals surface area (Å²) in [6.45, 7) is 0. The number of fused-ring (bicyclic) bond motifs is 1. The summed E-state index contributed by atoms with van der Waals surface area (Å²) in [4.78, 5) is 26.2. The first kappa shape index (κ1) is 17.8. The van der Waals surface area contributed by atoms with Crippen molar-refractivity contribution in [2.75, 3.05) is 11.1 Å². The zero-order valence-electron chi connectivity index (χ0n) is 13.2. The molecular formula is C18H12Cl2N3O3-. The second-order valence-electron chi connectivity index (χ2n) is 5.46. The summed E-state index contributed by atoms with van der Waals surface area (Å²) in [6.07, 6.45) is 2.56. The van der Waals surface area contributed by atoms with Gasteiger partial charge in [0.15, 0.2) is 0 Å². The molecule has 0 saturated carbocycles. The lowest BCUT2D eigenvalue weighted by molar-refractivity contribution is -0.255. The molecule has 3 rings (SSSR count). The summed E-state index contributed by atoms with van der Waals surface area (Å²) in [5.41, 5.74) is 7.18. The number of H-pyrrole nitrogens is 1. The molecule has 0 spiro atoms. The van der Waals surface area contributed by atoms with E-state index in [9.17, 15) is 14.7 Å². The van der Waals surface area contributed by atoms with E-state index in [1.165, 1.54) is 18.2 Å². The van der Waals surface area contributed by atoms with Gasteiger partial charge in [0.25, 0.3) is 0 Å². The van der Waals surface area contributed by atoms with Crippen molar-refractivity contribution < 1.29 is 14.7 Å². The average Bonchev–Trinajstić information content (AvgIpc) is 2.94. The standard InChI is InChI=1S/C18H13Cl2N3O3/c19-9-7-13(20)16-12(17(18(25)26)23-14(16)8-9)5-6-15(24)22-11-3-1-10(21)2-4-11/h1-8,23H,21H2,(H,22,24)(H,25,26)/p-1/b6-5+. The van der Waals surface area contributed by atoms with Gasteiger partial charge in [0.2, 0.25) is 5.91 Å². The number of benzene rings is 2. The largest absolute Gasteiger partial charge is 0.543 e. The van der Waals surface area contributed by atoms with E-state index in [-0.39, 0.29) is 16.3 Å². The molecule has 26 heavy (non-hydrogen) atoms. The summed E-state index contributed by atoms with van der Waals surface area (Å²) in [6, 6.07) is 9.63. The monoisotopic (exact) mass is 388 g/mol. The molecule has 0 bridgehead atoms. The van der Waals surface area contributed by atoms with Gasteiger partial charge in [-0.15, -0.1) is 0 Å². The van der Waals surface area contributed by atoms with E-state index in [0.29, 0.717) is 27.3 Å². The second-order valence-corrected chi connectivity index (χ2v) is 6.30. The van der Waals surface area contributed by atoms with Crippen LogP contribution in [-0.4, -0.2) is 16.9 Å². The maximum Gasteiger partial charge on any atom is 0.248 e. The van der Waals surface area contributed by atoms with Gasteiger partial charge in [-0.3, -0.25) is 4.79 Å². The average molecular weight is 389 g/mol. The number of halogens is 2. The van der Waals surface area contributed by atoms with Crippen LogP contribution in [0.1, 0.15) is 16.1 Å². The molecule has 4 N–H and O–H groups in total. The summed E-state index contributed by atoms with van der Waals surface area (Å²) in [5.74, 6) is -1.87.